The van der Waals surface area contributed by atoms with Crippen LogP contribution in [0.5, 0.6) is 11.5 Å². The fraction of sp³-hybridized carbons (Fsp3) is 0.485. The van der Waals surface area contributed by atoms with Gasteiger partial charge < -0.3 is 25.7 Å². The number of guanidine groups is 1. The van der Waals surface area contributed by atoms with Gasteiger partial charge in [-0.2, -0.15) is 0 Å². The summed E-state index contributed by atoms with van der Waals surface area (Å²) in [6, 6.07) is 18.0. The number of hydrogen-bond acceptors (Lipinski definition) is 4. The molecule has 1 unspecified atom stereocenters. The number of rotatable bonds is 19. The molecule has 2 aromatic carbocycles. The summed E-state index contributed by atoms with van der Waals surface area (Å²) in [5, 5.41) is 0. The summed E-state index contributed by atoms with van der Waals surface area (Å²) < 4.78 is 17.6. The van der Waals surface area contributed by atoms with Gasteiger partial charge in [0.15, 0.2) is 5.96 Å². The van der Waals surface area contributed by atoms with Crippen molar-refractivity contribution in [2.75, 3.05) is 26.4 Å². The van der Waals surface area contributed by atoms with Crippen molar-refractivity contribution < 1.29 is 14.2 Å². The van der Waals surface area contributed by atoms with Gasteiger partial charge in [-0.25, -0.2) is 4.99 Å². The predicted molar refractivity (Wildman–Crippen MR) is 166 cm³/mol. The summed E-state index contributed by atoms with van der Waals surface area (Å²) in [6.45, 7) is 10.6. The number of hydrogen-bond donors (Lipinski definition) is 2. The van der Waals surface area contributed by atoms with Crippen LogP contribution in [0, 0.1) is 0 Å². The normalized spacial score (nSPS) is 11.9. The zero-order chi connectivity index (χ0) is 28.6. The largest absolute Gasteiger partial charge is 0.494 e. The van der Waals surface area contributed by atoms with E-state index in [1.165, 1.54) is 24.8 Å². The molecule has 0 amide bonds. The SMILES string of the molecule is C/C=C\C(=C/C)COc1ccc(OCCCCCCCCOCC(Cc2ccccc2)N=C(N)N)cc1.CC. The van der Waals surface area contributed by atoms with Gasteiger partial charge in [0.05, 0.1) is 19.3 Å². The maximum atomic E-state index is 5.87. The molecule has 1 atom stereocenters. The molecule has 0 radical (unpaired) electrons. The fourth-order valence-electron chi connectivity index (χ4n) is 3.90. The van der Waals surface area contributed by atoms with Crippen molar-refractivity contribution in [1.82, 2.24) is 0 Å². The molecule has 6 heteroatoms. The van der Waals surface area contributed by atoms with Crippen LogP contribution in [0.15, 0.2) is 83.4 Å². The first-order chi connectivity index (χ1) is 19.1. The first kappa shape index (κ1) is 33.8. The molecule has 39 heavy (non-hydrogen) atoms. The maximum Gasteiger partial charge on any atom is 0.186 e. The first-order valence-electron chi connectivity index (χ1n) is 14.4. The Labute approximate surface area is 237 Å². The minimum Gasteiger partial charge on any atom is -0.494 e. The zero-order valence-corrected chi connectivity index (χ0v) is 24.6. The van der Waals surface area contributed by atoms with Crippen molar-refractivity contribution in [3.63, 3.8) is 0 Å². The number of unbranched alkanes of at least 4 members (excludes halogenated alkanes) is 5. The third-order valence-corrected chi connectivity index (χ3v) is 5.89. The Kier molecular flexibility index (Phi) is 19.7. The average molecular weight is 538 g/mol. The van der Waals surface area contributed by atoms with E-state index in [1.807, 2.05) is 76.2 Å². The van der Waals surface area contributed by atoms with Crippen LogP contribution in [0.3, 0.4) is 0 Å². The smallest absolute Gasteiger partial charge is 0.186 e. The minimum atomic E-state index is -0.0505. The summed E-state index contributed by atoms with van der Waals surface area (Å²) in [5.74, 6) is 1.84. The van der Waals surface area contributed by atoms with Crippen LogP contribution in [-0.2, 0) is 11.2 Å². The molecule has 216 valence electrons. The van der Waals surface area contributed by atoms with Crippen LogP contribution >= 0.6 is 0 Å². The number of benzene rings is 2. The van der Waals surface area contributed by atoms with Crippen molar-refractivity contribution >= 4 is 5.96 Å². The van der Waals surface area contributed by atoms with Crippen molar-refractivity contribution in [1.29, 1.82) is 0 Å². The monoisotopic (exact) mass is 537 g/mol. The molecule has 0 aliphatic heterocycles. The Morgan fingerprint density at radius 3 is 1.97 bits per heavy atom. The fourth-order valence-corrected chi connectivity index (χ4v) is 3.90. The Morgan fingerprint density at radius 2 is 1.38 bits per heavy atom. The Bertz CT molecular complexity index is 936. The van der Waals surface area contributed by atoms with E-state index >= 15 is 0 Å². The quantitative estimate of drug-likeness (QED) is 0.0853. The van der Waals surface area contributed by atoms with E-state index in [2.05, 4.69) is 29.3 Å². The second-order valence-corrected chi connectivity index (χ2v) is 9.07. The zero-order valence-electron chi connectivity index (χ0n) is 24.6. The lowest BCUT2D eigenvalue weighted by Gasteiger charge is -2.13. The van der Waals surface area contributed by atoms with Crippen LogP contribution in [0.4, 0.5) is 0 Å². The second-order valence-electron chi connectivity index (χ2n) is 9.07. The lowest BCUT2D eigenvalue weighted by atomic mass is 10.1. The molecule has 6 nitrogen and oxygen atoms in total. The van der Waals surface area contributed by atoms with Crippen molar-refractivity contribution in [3.8, 4) is 11.5 Å². The van der Waals surface area contributed by atoms with E-state index < -0.39 is 0 Å². The molecule has 0 saturated carbocycles. The highest BCUT2D eigenvalue weighted by Crippen LogP contribution is 2.19. The van der Waals surface area contributed by atoms with Crippen molar-refractivity contribution in [2.45, 2.75) is 78.7 Å². The van der Waals surface area contributed by atoms with E-state index in [9.17, 15) is 0 Å². The third kappa shape index (κ3) is 17.1. The topological polar surface area (TPSA) is 92.1 Å². The lowest BCUT2D eigenvalue weighted by molar-refractivity contribution is 0.117. The first-order valence-corrected chi connectivity index (χ1v) is 14.4. The van der Waals surface area contributed by atoms with Crippen LogP contribution in [-0.4, -0.2) is 38.4 Å². The van der Waals surface area contributed by atoms with Crippen LogP contribution < -0.4 is 20.9 Å². The van der Waals surface area contributed by atoms with Gasteiger partial charge in [-0.3, -0.25) is 0 Å². The maximum absolute atomic E-state index is 5.87. The molecule has 0 fully saturated rings. The van der Waals surface area contributed by atoms with Gasteiger partial charge in [0.1, 0.15) is 18.1 Å². The molecule has 2 rings (SSSR count). The molecule has 0 aromatic heterocycles. The highest BCUT2D eigenvalue weighted by atomic mass is 16.5. The predicted octanol–water partition coefficient (Wildman–Crippen LogP) is 7.23. The van der Waals surface area contributed by atoms with E-state index in [0.29, 0.717) is 13.2 Å². The minimum absolute atomic E-state index is 0.0505. The molecule has 0 saturated heterocycles. The average Bonchev–Trinajstić information content (AvgIpc) is 2.96. The molecule has 2 aromatic rings. The Morgan fingerprint density at radius 1 is 0.795 bits per heavy atom. The van der Waals surface area contributed by atoms with Gasteiger partial charge in [0, 0.05) is 6.61 Å². The summed E-state index contributed by atoms with van der Waals surface area (Å²) in [5.41, 5.74) is 13.5. The number of aliphatic imine (C=N–C) groups is 1. The number of ether oxygens (including phenoxy) is 3. The molecular formula is C33H51N3O3. The number of nitrogens with zero attached hydrogens (tertiary/aromatic N) is 1. The van der Waals surface area contributed by atoms with Gasteiger partial charge in [-0.1, -0.05) is 88.1 Å². The van der Waals surface area contributed by atoms with Gasteiger partial charge in [0.25, 0.3) is 0 Å². The van der Waals surface area contributed by atoms with Crippen LogP contribution in [0.25, 0.3) is 0 Å². The Hall–Kier alpha value is -3.25. The Balaban J connectivity index is 0.00000371. The van der Waals surface area contributed by atoms with Gasteiger partial charge >= 0.3 is 0 Å². The standard InChI is InChI=1S/C31H45N3O3.C2H6/c1-3-14-26(4-2)24-37-30-19-17-29(18-20-30)36-22-13-8-6-5-7-12-21-35-25-28(34-31(32)33)23-27-15-10-9-11-16-27;1-2/h3-4,9-11,14-20,28H,5-8,12-13,21-25H2,1-2H3,(H4,32,33,34);1-2H3/b14-3-,26-4+;. The van der Waals surface area contributed by atoms with E-state index in [1.54, 1.807) is 0 Å². The van der Waals surface area contributed by atoms with Gasteiger partial charge in [-0.15, -0.1) is 0 Å². The molecule has 0 spiro atoms. The highest BCUT2D eigenvalue weighted by molar-refractivity contribution is 5.75. The third-order valence-electron chi connectivity index (χ3n) is 5.89. The van der Waals surface area contributed by atoms with Gasteiger partial charge in [-0.05, 0) is 68.5 Å². The molecule has 0 bridgehead atoms. The second kappa shape index (κ2) is 22.7. The lowest BCUT2D eigenvalue weighted by Crippen LogP contribution is -2.28. The number of nitrogens with two attached hydrogens (primary N) is 2. The van der Waals surface area contributed by atoms with Gasteiger partial charge in [0.2, 0.25) is 0 Å². The van der Waals surface area contributed by atoms with E-state index in [0.717, 1.165) is 56.0 Å². The highest BCUT2D eigenvalue weighted by Gasteiger charge is 2.09. The molecule has 0 aliphatic carbocycles. The molecule has 4 N–H and O–H groups in total. The van der Waals surface area contributed by atoms with E-state index in [4.69, 9.17) is 25.7 Å². The van der Waals surface area contributed by atoms with E-state index in [-0.39, 0.29) is 12.0 Å². The van der Waals surface area contributed by atoms with Crippen LogP contribution in [0.1, 0.15) is 71.8 Å². The van der Waals surface area contributed by atoms with Crippen molar-refractivity contribution in [2.24, 2.45) is 16.5 Å². The van der Waals surface area contributed by atoms with Crippen molar-refractivity contribution in [3.05, 3.63) is 84.0 Å². The summed E-state index contributed by atoms with van der Waals surface area (Å²) in [7, 11) is 0. The molecular weight excluding hydrogens is 486 g/mol. The summed E-state index contributed by atoms with van der Waals surface area (Å²) in [4.78, 5) is 4.32. The summed E-state index contributed by atoms with van der Waals surface area (Å²) >= 11 is 0. The molecule has 0 aliphatic rings. The number of allylic oxidation sites excluding steroid dienone is 2. The molecule has 0 heterocycles. The van der Waals surface area contributed by atoms with Crippen LogP contribution in [0.2, 0.25) is 0 Å². The summed E-state index contributed by atoms with van der Waals surface area (Å²) in [6.07, 6.45) is 13.8.